The van der Waals surface area contributed by atoms with Crippen molar-refractivity contribution >= 4 is 30.2 Å². The lowest BCUT2D eigenvalue weighted by molar-refractivity contribution is -0.137. The fourth-order valence-corrected chi connectivity index (χ4v) is 2.04. The van der Waals surface area contributed by atoms with Gasteiger partial charge in [-0.2, -0.15) is 12.6 Å². The zero-order valence-electron chi connectivity index (χ0n) is 12.6. The highest BCUT2D eigenvalue weighted by Gasteiger charge is 2.06. The van der Waals surface area contributed by atoms with E-state index in [0.29, 0.717) is 25.1 Å². The van der Waals surface area contributed by atoms with Crippen molar-refractivity contribution in [3.8, 4) is 12.8 Å². The second kappa shape index (κ2) is 11.5. The van der Waals surface area contributed by atoms with Gasteiger partial charge in [-0.25, -0.2) is 0 Å². The third-order valence-corrected chi connectivity index (χ3v) is 3.10. The molecule has 0 unspecified atom stereocenters. The number of aryl methyl sites for hydroxylation is 1. The maximum absolute atomic E-state index is 11.4. The number of anilines is 1. The largest absolute Gasteiger partial charge is 0.481 e. The van der Waals surface area contributed by atoms with Gasteiger partial charge in [0.2, 0.25) is 5.91 Å². The van der Waals surface area contributed by atoms with Crippen LogP contribution < -0.4 is 10.6 Å². The Morgan fingerprint density at radius 2 is 1.95 bits per heavy atom. The zero-order valence-corrected chi connectivity index (χ0v) is 13.5. The van der Waals surface area contributed by atoms with E-state index in [0.717, 1.165) is 16.8 Å². The Balaban J connectivity index is 0.00000211. The fourth-order valence-electron chi connectivity index (χ4n) is 1.84. The SMILES string of the molecule is C#C.CNc1ccc(CNC(=O)CCS)cc1CCC(=O)O. The molecular formula is C16H22N2O3S. The maximum Gasteiger partial charge on any atom is 0.303 e. The Labute approximate surface area is 136 Å². The quantitative estimate of drug-likeness (QED) is 0.436. The normalized spacial score (nSPS) is 9.27. The number of carbonyl (C=O) groups is 2. The van der Waals surface area contributed by atoms with E-state index in [4.69, 9.17) is 5.11 Å². The summed E-state index contributed by atoms with van der Waals surface area (Å²) in [5, 5.41) is 14.6. The molecule has 6 heteroatoms. The number of terminal acetylenes is 1. The molecule has 3 N–H and O–H groups in total. The molecule has 0 fully saturated rings. The molecule has 0 saturated heterocycles. The Kier molecular flexibility index (Phi) is 10.4. The highest BCUT2D eigenvalue weighted by Crippen LogP contribution is 2.19. The molecule has 0 spiro atoms. The van der Waals surface area contributed by atoms with Gasteiger partial charge in [0.1, 0.15) is 0 Å². The molecule has 0 aliphatic rings. The minimum Gasteiger partial charge on any atom is -0.481 e. The van der Waals surface area contributed by atoms with E-state index in [1.165, 1.54) is 0 Å². The summed E-state index contributed by atoms with van der Waals surface area (Å²) in [6.45, 7) is 0.441. The predicted molar refractivity (Wildman–Crippen MR) is 92.2 cm³/mol. The molecule has 0 aromatic heterocycles. The molecule has 1 amide bonds. The first-order chi connectivity index (χ1) is 10.6. The van der Waals surface area contributed by atoms with Crippen molar-refractivity contribution in [3.05, 3.63) is 29.3 Å². The summed E-state index contributed by atoms with van der Waals surface area (Å²) < 4.78 is 0. The summed E-state index contributed by atoms with van der Waals surface area (Å²) in [6, 6.07) is 5.74. The number of thiol groups is 1. The fraction of sp³-hybridized carbons (Fsp3) is 0.375. The third kappa shape index (κ3) is 7.60. The van der Waals surface area contributed by atoms with Gasteiger partial charge in [0.05, 0.1) is 0 Å². The number of carbonyl (C=O) groups excluding carboxylic acids is 1. The van der Waals surface area contributed by atoms with Gasteiger partial charge in [-0.15, -0.1) is 12.8 Å². The molecule has 0 aliphatic carbocycles. The molecule has 0 atom stereocenters. The van der Waals surface area contributed by atoms with Crippen LogP contribution in [-0.2, 0) is 22.6 Å². The monoisotopic (exact) mass is 322 g/mol. The molecule has 1 aromatic rings. The van der Waals surface area contributed by atoms with Gasteiger partial charge < -0.3 is 15.7 Å². The number of rotatable bonds is 8. The van der Waals surface area contributed by atoms with Crippen LogP contribution in [0.25, 0.3) is 0 Å². The number of carboxylic acids is 1. The molecule has 0 aliphatic heterocycles. The second-order valence-corrected chi connectivity index (χ2v) is 4.83. The summed E-state index contributed by atoms with van der Waals surface area (Å²) in [5.74, 6) is -0.335. The van der Waals surface area contributed by atoms with E-state index in [9.17, 15) is 9.59 Å². The first-order valence-electron chi connectivity index (χ1n) is 6.79. The summed E-state index contributed by atoms with van der Waals surface area (Å²) in [7, 11) is 1.80. The second-order valence-electron chi connectivity index (χ2n) is 4.39. The topological polar surface area (TPSA) is 78.4 Å². The van der Waals surface area contributed by atoms with E-state index in [2.05, 4.69) is 36.1 Å². The molecule has 0 heterocycles. The molecule has 0 radical (unpaired) electrons. The first kappa shape index (κ1) is 19.9. The number of nitrogens with one attached hydrogen (secondary N) is 2. The van der Waals surface area contributed by atoms with Crippen LogP contribution in [0.5, 0.6) is 0 Å². The van der Waals surface area contributed by atoms with Gasteiger partial charge in [-0.05, 0) is 29.4 Å². The average molecular weight is 322 g/mol. The minimum absolute atomic E-state index is 0.0372. The summed E-state index contributed by atoms with van der Waals surface area (Å²) in [5.41, 5.74) is 2.81. The highest BCUT2D eigenvalue weighted by molar-refractivity contribution is 7.80. The standard InChI is InChI=1S/C14H20N2O3S.C2H2/c1-15-12-4-2-10(9-16-13(17)6-7-20)8-11(12)3-5-14(18)19;1-2/h2,4,8,15,20H,3,5-7,9H2,1H3,(H,16,17)(H,18,19);1-2H. The highest BCUT2D eigenvalue weighted by atomic mass is 32.1. The Morgan fingerprint density at radius 3 is 2.50 bits per heavy atom. The summed E-state index contributed by atoms with van der Waals surface area (Å²) >= 11 is 4.00. The van der Waals surface area contributed by atoms with Crippen LogP contribution in [-0.4, -0.2) is 29.8 Å². The van der Waals surface area contributed by atoms with E-state index in [-0.39, 0.29) is 12.3 Å². The van der Waals surface area contributed by atoms with Gasteiger partial charge in [0, 0.05) is 32.1 Å². The maximum atomic E-state index is 11.4. The number of benzene rings is 1. The molecule has 0 saturated carbocycles. The van der Waals surface area contributed by atoms with Crippen molar-refractivity contribution in [3.63, 3.8) is 0 Å². The van der Waals surface area contributed by atoms with Crippen LogP contribution >= 0.6 is 12.6 Å². The number of hydrogen-bond donors (Lipinski definition) is 4. The van der Waals surface area contributed by atoms with Crippen molar-refractivity contribution in [2.24, 2.45) is 0 Å². The van der Waals surface area contributed by atoms with E-state index < -0.39 is 5.97 Å². The van der Waals surface area contributed by atoms with Crippen molar-refractivity contribution < 1.29 is 14.7 Å². The Hall–Kier alpha value is -2.13. The van der Waals surface area contributed by atoms with Crippen LogP contribution in [0.3, 0.4) is 0 Å². The number of hydrogen-bond acceptors (Lipinski definition) is 4. The van der Waals surface area contributed by atoms with Crippen molar-refractivity contribution in [2.45, 2.75) is 25.8 Å². The van der Waals surface area contributed by atoms with E-state index in [1.807, 2.05) is 18.2 Å². The number of aliphatic carboxylic acids is 1. The Morgan fingerprint density at radius 1 is 1.27 bits per heavy atom. The van der Waals surface area contributed by atoms with Crippen LogP contribution in [0.2, 0.25) is 0 Å². The summed E-state index contributed by atoms with van der Waals surface area (Å²) in [6.07, 6.45) is 8.94. The Bertz CT molecular complexity index is 515. The van der Waals surface area contributed by atoms with Gasteiger partial charge in [0.15, 0.2) is 0 Å². The van der Waals surface area contributed by atoms with Crippen LogP contribution in [0.4, 0.5) is 5.69 Å². The lowest BCUT2D eigenvalue weighted by Crippen LogP contribution is -2.22. The van der Waals surface area contributed by atoms with E-state index >= 15 is 0 Å². The molecule has 5 nitrogen and oxygen atoms in total. The lowest BCUT2D eigenvalue weighted by atomic mass is 10.0. The van der Waals surface area contributed by atoms with Crippen molar-refractivity contribution in [2.75, 3.05) is 18.1 Å². The van der Waals surface area contributed by atoms with Crippen molar-refractivity contribution in [1.82, 2.24) is 5.32 Å². The molecule has 22 heavy (non-hydrogen) atoms. The molecular weight excluding hydrogens is 300 g/mol. The lowest BCUT2D eigenvalue weighted by Gasteiger charge is -2.11. The number of amides is 1. The van der Waals surface area contributed by atoms with Gasteiger partial charge in [-0.1, -0.05) is 12.1 Å². The molecule has 0 bridgehead atoms. The minimum atomic E-state index is -0.820. The van der Waals surface area contributed by atoms with Gasteiger partial charge in [0.25, 0.3) is 0 Å². The third-order valence-electron chi connectivity index (χ3n) is 2.88. The molecule has 120 valence electrons. The average Bonchev–Trinajstić information content (AvgIpc) is 2.53. The number of carboxylic acid groups (broad SMARTS) is 1. The zero-order chi connectivity index (χ0) is 17.0. The molecule has 1 aromatic carbocycles. The summed E-state index contributed by atoms with van der Waals surface area (Å²) in [4.78, 5) is 22.0. The van der Waals surface area contributed by atoms with Gasteiger partial charge in [-0.3, -0.25) is 9.59 Å². The van der Waals surface area contributed by atoms with Crippen molar-refractivity contribution in [1.29, 1.82) is 0 Å². The predicted octanol–water partition coefficient (Wildman–Crippen LogP) is 1.93. The first-order valence-corrected chi connectivity index (χ1v) is 7.42. The molecule has 1 rings (SSSR count). The van der Waals surface area contributed by atoms with Crippen LogP contribution in [0.1, 0.15) is 24.0 Å². The van der Waals surface area contributed by atoms with Crippen LogP contribution in [0, 0.1) is 12.8 Å². The van der Waals surface area contributed by atoms with E-state index in [1.54, 1.807) is 7.05 Å². The smallest absolute Gasteiger partial charge is 0.303 e. The van der Waals surface area contributed by atoms with Gasteiger partial charge >= 0.3 is 5.97 Å². The van der Waals surface area contributed by atoms with Crippen LogP contribution in [0.15, 0.2) is 18.2 Å².